The van der Waals surface area contributed by atoms with Crippen LogP contribution in [0.2, 0.25) is 5.02 Å². The molecule has 0 radical (unpaired) electrons. The quantitative estimate of drug-likeness (QED) is 0.901. The fraction of sp³-hybridized carbons (Fsp3) is 0.167. The van der Waals surface area contributed by atoms with E-state index >= 15 is 0 Å². The molecule has 8 heteroatoms. The number of fused-ring (bicyclic) bond motifs is 1. The number of hydrogen-bond acceptors (Lipinski definition) is 4. The minimum Gasteiger partial charge on any atom is -0.480 e. The highest BCUT2D eigenvalue weighted by Gasteiger charge is 2.28. The first-order chi connectivity index (χ1) is 9.31. The van der Waals surface area contributed by atoms with Crippen LogP contribution in [0.3, 0.4) is 0 Å². The number of aromatic nitrogens is 1. The number of halogens is 1. The lowest BCUT2D eigenvalue weighted by atomic mass is 10.2. The van der Waals surface area contributed by atoms with Gasteiger partial charge in [0.15, 0.2) is 5.25 Å². The molecule has 0 bridgehead atoms. The Morgan fingerprint density at radius 1 is 1.45 bits per heavy atom. The summed E-state index contributed by atoms with van der Waals surface area (Å²) in [5.41, 5.74) is 0.555. The second-order valence-corrected chi connectivity index (χ2v) is 6.59. The largest absolute Gasteiger partial charge is 0.480 e. The normalized spacial score (nSPS) is 13.1. The zero-order valence-corrected chi connectivity index (χ0v) is 11.9. The van der Waals surface area contributed by atoms with E-state index < -0.39 is 21.2 Å². The maximum Gasteiger partial charge on any atom is 0.323 e. The third-order valence-electron chi connectivity index (χ3n) is 2.74. The molecule has 0 aliphatic heterocycles. The van der Waals surface area contributed by atoms with Crippen LogP contribution >= 0.6 is 11.6 Å². The molecule has 1 unspecified atom stereocenters. The molecule has 0 aliphatic rings. The van der Waals surface area contributed by atoms with Crippen molar-refractivity contribution in [2.24, 2.45) is 0 Å². The minimum atomic E-state index is -4.07. The van der Waals surface area contributed by atoms with E-state index in [2.05, 4.69) is 9.71 Å². The minimum absolute atomic E-state index is 0.154. The first kappa shape index (κ1) is 14.5. The number of nitrogens with one attached hydrogen (secondary N) is 1. The lowest BCUT2D eigenvalue weighted by Crippen LogP contribution is -2.32. The maximum atomic E-state index is 11.9. The molecule has 2 aromatic rings. The number of nitrogens with zero attached hydrogens (tertiary/aromatic N) is 1. The van der Waals surface area contributed by atoms with Crippen LogP contribution in [0.15, 0.2) is 30.5 Å². The number of benzene rings is 1. The van der Waals surface area contributed by atoms with E-state index in [0.29, 0.717) is 15.9 Å². The van der Waals surface area contributed by atoms with Crippen molar-refractivity contribution < 1.29 is 18.3 Å². The maximum absolute atomic E-state index is 11.9. The second-order valence-electron chi connectivity index (χ2n) is 4.16. The van der Waals surface area contributed by atoms with Crippen LogP contribution in [0.25, 0.3) is 10.9 Å². The van der Waals surface area contributed by atoms with Crippen molar-refractivity contribution in [3.05, 3.63) is 35.5 Å². The Hall–Kier alpha value is -1.86. The van der Waals surface area contributed by atoms with Crippen LogP contribution in [0.1, 0.15) is 6.92 Å². The average molecular weight is 315 g/mol. The number of pyridine rings is 1. The van der Waals surface area contributed by atoms with E-state index in [1.807, 2.05) is 0 Å². The molecule has 0 spiro atoms. The Labute approximate surface area is 120 Å². The predicted molar refractivity (Wildman–Crippen MR) is 76.4 cm³/mol. The molecule has 0 saturated carbocycles. The Balaban J connectivity index is 2.52. The lowest BCUT2D eigenvalue weighted by molar-refractivity contribution is -0.136. The number of carbonyl (C=O) groups is 1. The van der Waals surface area contributed by atoms with Gasteiger partial charge in [0.1, 0.15) is 0 Å². The highest BCUT2D eigenvalue weighted by Crippen LogP contribution is 2.27. The van der Waals surface area contributed by atoms with E-state index in [0.717, 1.165) is 6.92 Å². The summed E-state index contributed by atoms with van der Waals surface area (Å²) >= 11 is 5.92. The molecule has 0 aliphatic carbocycles. The van der Waals surface area contributed by atoms with Gasteiger partial charge in [0.05, 0.1) is 11.2 Å². The van der Waals surface area contributed by atoms with Crippen molar-refractivity contribution in [3.8, 4) is 0 Å². The van der Waals surface area contributed by atoms with Gasteiger partial charge in [0, 0.05) is 16.6 Å². The predicted octanol–water partition coefficient (Wildman–Crippen LogP) is 2.10. The number of carboxylic acids is 1. The first-order valence-electron chi connectivity index (χ1n) is 5.60. The molecule has 0 amide bonds. The lowest BCUT2D eigenvalue weighted by Gasteiger charge is -2.13. The van der Waals surface area contributed by atoms with Crippen LogP contribution in [-0.4, -0.2) is 29.7 Å². The molecule has 1 aromatic heterocycles. The van der Waals surface area contributed by atoms with E-state index in [1.54, 1.807) is 18.2 Å². The third kappa shape index (κ3) is 2.83. The summed E-state index contributed by atoms with van der Waals surface area (Å²) in [7, 11) is -4.07. The van der Waals surface area contributed by atoms with Crippen molar-refractivity contribution in [2.75, 3.05) is 4.72 Å². The summed E-state index contributed by atoms with van der Waals surface area (Å²) in [5, 5.41) is 8.20. The average Bonchev–Trinajstić information content (AvgIpc) is 2.37. The van der Waals surface area contributed by atoms with Gasteiger partial charge in [-0.2, -0.15) is 0 Å². The molecule has 0 fully saturated rings. The third-order valence-corrected chi connectivity index (χ3v) is 4.59. The summed E-state index contributed by atoms with van der Waals surface area (Å²) in [6.45, 7) is 1.09. The molecule has 0 saturated heterocycles. The molecule has 1 aromatic carbocycles. The first-order valence-corrected chi connectivity index (χ1v) is 7.52. The smallest absolute Gasteiger partial charge is 0.323 e. The fourth-order valence-corrected chi connectivity index (χ4v) is 2.74. The number of sulfonamides is 1. The number of carboxylic acid groups (broad SMARTS) is 1. The van der Waals surface area contributed by atoms with Gasteiger partial charge in [0.25, 0.3) is 0 Å². The topological polar surface area (TPSA) is 96.4 Å². The monoisotopic (exact) mass is 314 g/mol. The molecule has 20 heavy (non-hydrogen) atoms. The molecule has 6 nitrogen and oxygen atoms in total. The number of hydrogen-bond donors (Lipinski definition) is 2. The van der Waals surface area contributed by atoms with Crippen LogP contribution in [0, 0.1) is 0 Å². The van der Waals surface area contributed by atoms with Gasteiger partial charge in [-0.3, -0.25) is 14.5 Å². The molecular weight excluding hydrogens is 304 g/mol. The van der Waals surface area contributed by atoms with Gasteiger partial charge in [-0.1, -0.05) is 17.7 Å². The van der Waals surface area contributed by atoms with Crippen LogP contribution in [0.4, 0.5) is 5.69 Å². The Bertz CT molecular complexity index is 776. The Morgan fingerprint density at radius 3 is 2.80 bits per heavy atom. The standard InChI is InChI=1S/C12H11ClN2O4S/c1-7(12(16)17)20(18,19)15-10-6-9(13)5-8-3-2-4-14-11(8)10/h2-7,15H,1H3,(H,16,17). The summed E-state index contributed by atoms with van der Waals surface area (Å²) < 4.78 is 26.1. The molecule has 1 atom stereocenters. The molecule has 2 N–H and O–H groups in total. The SMILES string of the molecule is CC(C(=O)O)S(=O)(=O)Nc1cc(Cl)cc2cccnc12. The highest BCUT2D eigenvalue weighted by atomic mass is 35.5. The van der Waals surface area contributed by atoms with Gasteiger partial charge in [0.2, 0.25) is 10.0 Å². The van der Waals surface area contributed by atoms with Gasteiger partial charge >= 0.3 is 5.97 Å². The number of anilines is 1. The summed E-state index contributed by atoms with van der Waals surface area (Å²) in [4.78, 5) is 14.9. The molecular formula is C12H11ClN2O4S. The van der Waals surface area contributed by atoms with E-state index in [-0.39, 0.29) is 5.69 Å². The van der Waals surface area contributed by atoms with Crippen LogP contribution in [0.5, 0.6) is 0 Å². The molecule has 106 valence electrons. The van der Waals surface area contributed by atoms with Crippen LogP contribution in [-0.2, 0) is 14.8 Å². The van der Waals surface area contributed by atoms with Crippen molar-refractivity contribution in [1.29, 1.82) is 0 Å². The van der Waals surface area contributed by atoms with Crippen molar-refractivity contribution in [2.45, 2.75) is 12.2 Å². The fourth-order valence-electron chi connectivity index (χ4n) is 1.61. The van der Waals surface area contributed by atoms with Gasteiger partial charge in [-0.25, -0.2) is 8.42 Å². The highest BCUT2D eigenvalue weighted by molar-refractivity contribution is 7.94. The van der Waals surface area contributed by atoms with E-state index in [1.165, 1.54) is 12.3 Å². The zero-order valence-electron chi connectivity index (χ0n) is 10.4. The Morgan fingerprint density at radius 2 is 2.15 bits per heavy atom. The summed E-state index contributed by atoms with van der Waals surface area (Å²) in [6.07, 6.45) is 1.51. The van der Waals surface area contributed by atoms with Crippen LogP contribution < -0.4 is 4.72 Å². The van der Waals surface area contributed by atoms with Crippen molar-refractivity contribution in [3.63, 3.8) is 0 Å². The summed E-state index contributed by atoms with van der Waals surface area (Å²) in [6, 6.07) is 6.45. The van der Waals surface area contributed by atoms with Gasteiger partial charge in [-0.15, -0.1) is 0 Å². The zero-order chi connectivity index (χ0) is 14.9. The number of aliphatic carboxylic acids is 1. The van der Waals surface area contributed by atoms with E-state index in [9.17, 15) is 13.2 Å². The van der Waals surface area contributed by atoms with Crippen molar-refractivity contribution in [1.82, 2.24) is 4.98 Å². The number of rotatable bonds is 4. The second kappa shape index (κ2) is 5.26. The summed E-state index contributed by atoms with van der Waals surface area (Å²) in [5.74, 6) is -1.43. The Kier molecular flexibility index (Phi) is 3.82. The van der Waals surface area contributed by atoms with Crippen molar-refractivity contribution >= 4 is 44.2 Å². The molecule has 1 heterocycles. The van der Waals surface area contributed by atoms with Gasteiger partial charge < -0.3 is 5.11 Å². The van der Waals surface area contributed by atoms with E-state index in [4.69, 9.17) is 16.7 Å². The molecule has 2 rings (SSSR count). The van der Waals surface area contributed by atoms with Gasteiger partial charge in [-0.05, 0) is 25.1 Å².